The highest BCUT2D eigenvalue weighted by Crippen LogP contribution is 2.25. The molecule has 5 nitrogen and oxygen atoms in total. The third-order valence-electron chi connectivity index (χ3n) is 3.88. The van der Waals surface area contributed by atoms with E-state index in [9.17, 15) is 14.7 Å². The monoisotopic (exact) mass is 312 g/mol. The molecule has 128 valence electrons. The first-order valence-electron chi connectivity index (χ1n) is 8.34. The topological polar surface area (TPSA) is 69.6 Å². The maximum Gasteiger partial charge on any atom is 0.243 e. The molecule has 5 heteroatoms. The molecule has 22 heavy (non-hydrogen) atoms. The minimum absolute atomic E-state index is 0.0505. The number of aliphatic hydroxyl groups is 1. The number of carbonyl (C=O) groups is 2. The van der Waals surface area contributed by atoms with E-state index in [-0.39, 0.29) is 35.9 Å². The quantitative estimate of drug-likeness (QED) is 0.787. The SMILES string of the molecule is CC(C)CC(CO)NC(=O)C1CCCN1C(=O)CC(C)(C)C. The van der Waals surface area contributed by atoms with Crippen molar-refractivity contribution in [2.75, 3.05) is 13.2 Å². The molecule has 1 rings (SSSR count). The van der Waals surface area contributed by atoms with E-state index in [2.05, 4.69) is 19.2 Å². The van der Waals surface area contributed by atoms with Crippen molar-refractivity contribution in [2.24, 2.45) is 11.3 Å². The number of hydrogen-bond donors (Lipinski definition) is 2. The second-order valence-electron chi connectivity index (χ2n) is 8.00. The van der Waals surface area contributed by atoms with Crippen LogP contribution in [0.1, 0.15) is 60.3 Å². The molecular weight excluding hydrogens is 280 g/mol. The van der Waals surface area contributed by atoms with Crippen LogP contribution in [-0.2, 0) is 9.59 Å². The van der Waals surface area contributed by atoms with Crippen LogP contribution >= 0.6 is 0 Å². The lowest BCUT2D eigenvalue weighted by Crippen LogP contribution is -2.50. The highest BCUT2D eigenvalue weighted by atomic mass is 16.3. The van der Waals surface area contributed by atoms with Crippen molar-refractivity contribution in [3.63, 3.8) is 0 Å². The van der Waals surface area contributed by atoms with Gasteiger partial charge < -0.3 is 15.3 Å². The van der Waals surface area contributed by atoms with Crippen LogP contribution < -0.4 is 5.32 Å². The molecule has 0 radical (unpaired) electrons. The van der Waals surface area contributed by atoms with Gasteiger partial charge in [-0.3, -0.25) is 9.59 Å². The van der Waals surface area contributed by atoms with Crippen LogP contribution in [0.15, 0.2) is 0 Å². The van der Waals surface area contributed by atoms with Crippen molar-refractivity contribution < 1.29 is 14.7 Å². The first kappa shape index (κ1) is 18.9. The fourth-order valence-electron chi connectivity index (χ4n) is 2.94. The molecule has 1 saturated heterocycles. The van der Waals surface area contributed by atoms with Gasteiger partial charge in [0.15, 0.2) is 0 Å². The van der Waals surface area contributed by atoms with Crippen molar-refractivity contribution in [1.29, 1.82) is 0 Å². The van der Waals surface area contributed by atoms with E-state index in [0.29, 0.717) is 25.3 Å². The minimum Gasteiger partial charge on any atom is -0.394 e. The average Bonchev–Trinajstić information content (AvgIpc) is 2.84. The Morgan fingerprint density at radius 2 is 1.95 bits per heavy atom. The highest BCUT2D eigenvalue weighted by molar-refractivity contribution is 5.88. The fraction of sp³-hybridized carbons (Fsp3) is 0.882. The minimum atomic E-state index is -0.379. The zero-order chi connectivity index (χ0) is 16.9. The molecule has 2 atom stereocenters. The van der Waals surface area contributed by atoms with Gasteiger partial charge in [-0.1, -0.05) is 34.6 Å². The lowest BCUT2D eigenvalue weighted by molar-refractivity contribution is -0.140. The van der Waals surface area contributed by atoms with Gasteiger partial charge in [-0.25, -0.2) is 0 Å². The van der Waals surface area contributed by atoms with E-state index in [1.807, 2.05) is 20.8 Å². The Hall–Kier alpha value is -1.10. The van der Waals surface area contributed by atoms with Crippen molar-refractivity contribution in [3.05, 3.63) is 0 Å². The number of amides is 2. The summed E-state index contributed by atoms with van der Waals surface area (Å²) in [7, 11) is 0. The van der Waals surface area contributed by atoms with E-state index in [0.717, 1.165) is 12.8 Å². The van der Waals surface area contributed by atoms with Crippen LogP contribution in [0.3, 0.4) is 0 Å². The average molecular weight is 312 g/mol. The van der Waals surface area contributed by atoms with E-state index in [1.54, 1.807) is 4.90 Å². The Morgan fingerprint density at radius 1 is 1.32 bits per heavy atom. The Morgan fingerprint density at radius 3 is 2.45 bits per heavy atom. The summed E-state index contributed by atoms with van der Waals surface area (Å²) in [5.41, 5.74) is -0.0774. The molecule has 2 unspecified atom stereocenters. The zero-order valence-electron chi connectivity index (χ0n) is 14.7. The van der Waals surface area contributed by atoms with Gasteiger partial charge in [0.25, 0.3) is 0 Å². The predicted octanol–water partition coefficient (Wildman–Crippen LogP) is 1.94. The van der Waals surface area contributed by atoms with Crippen LogP contribution in [0, 0.1) is 11.3 Å². The predicted molar refractivity (Wildman–Crippen MR) is 87.3 cm³/mol. The third kappa shape index (κ3) is 5.95. The largest absolute Gasteiger partial charge is 0.394 e. The summed E-state index contributed by atoms with van der Waals surface area (Å²) >= 11 is 0. The summed E-state index contributed by atoms with van der Waals surface area (Å²) in [6, 6.07) is -0.608. The van der Waals surface area contributed by atoms with Crippen LogP contribution in [-0.4, -0.2) is 47.1 Å². The fourth-order valence-corrected chi connectivity index (χ4v) is 2.94. The molecule has 0 aromatic carbocycles. The number of carbonyl (C=O) groups excluding carboxylic acids is 2. The molecule has 0 aromatic heterocycles. The number of hydrogen-bond acceptors (Lipinski definition) is 3. The number of likely N-dealkylation sites (tertiary alicyclic amines) is 1. The number of nitrogens with one attached hydrogen (secondary N) is 1. The van der Waals surface area contributed by atoms with Gasteiger partial charge in [-0.2, -0.15) is 0 Å². The molecule has 1 aliphatic heterocycles. The molecule has 2 N–H and O–H groups in total. The lowest BCUT2D eigenvalue weighted by Gasteiger charge is -2.29. The summed E-state index contributed by atoms with van der Waals surface area (Å²) in [5, 5.41) is 12.3. The normalized spacial score (nSPS) is 20.3. The van der Waals surface area contributed by atoms with Gasteiger partial charge in [0.1, 0.15) is 6.04 Å². The van der Waals surface area contributed by atoms with Crippen LogP contribution in [0.25, 0.3) is 0 Å². The van der Waals surface area contributed by atoms with Gasteiger partial charge >= 0.3 is 0 Å². The first-order chi connectivity index (χ1) is 10.1. The Balaban J connectivity index is 2.65. The van der Waals surface area contributed by atoms with Gasteiger partial charge in [-0.15, -0.1) is 0 Å². The number of nitrogens with zero attached hydrogens (tertiary/aromatic N) is 1. The van der Waals surface area contributed by atoms with E-state index in [4.69, 9.17) is 0 Å². The smallest absolute Gasteiger partial charge is 0.243 e. The third-order valence-corrected chi connectivity index (χ3v) is 3.88. The molecule has 0 saturated carbocycles. The van der Waals surface area contributed by atoms with E-state index < -0.39 is 0 Å². The summed E-state index contributed by atoms with van der Waals surface area (Å²) in [6.45, 7) is 10.8. The van der Waals surface area contributed by atoms with Crippen LogP contribution in [0.2, 0.25) is 0 Å². The Bertz CT molecular complexity index is 388. The highest BCUT2D eigenvalue weighted by Gasteiger charge is 2.35. The number of aliphatic hydroxyl groups excluding tert-OH is 1. The van der Waals surface area contributed by atoms with E-state index in [1.165, 1.54) is 0 Å². The van der Waals surface area contributed by atoms with Gasteiger partial charge in [-0.05, 0) is 30.6 Å². The summed E-state index contributed by atoms with van der Waals surface area (Å²) in [6.07, 6.45) is 2.76. The van der Waals surface area contributed by atoms with Gasteiger partial charge in [0.2, 0.25) is 11.8 Å². The van der Waals surface area contributed by atoms with Crippen molar-refractivity contribution >= 4 is 11.8 Å². The first-order valence-corrected chi connectivity index (χ1v) is 8.34. The van der Waals surface area contributed by atoms with Crippen LogP contribution in [0.4, 0.5) is 0 Å². The standard InChI is InChI=1S/C17H32N2O3/c1-12(2)9-13(11-20)18-16(22)14-7-6-8-19(14)15(21)10-17(3,4)5/h12-14,20H,6-11H2,1-5H3,(H,18,22). The molecule has 0 aliphatic carbocycles. The van der Waals surface area contributed by atoms with Crippen molar-refractivity contribution in [1.82, 2.24) is 10.2 Å². The van der Waals surface area contributed by atoms with Crippen molar-refractivity contribution in [2.45, 2.75) is 72.4 Å². The molecule has 1 fully saturated rings. The molecule has 0 aromatic rings. The zero-order valence-corrected chi connectivity index (χ0v) is 14.7. The second kappa shape index (κ2) is 7.95. The number of rotatable bonds is 6. The molecule has 0 spiro atoms. The van der Waals surface area contributed by atoms with Gasteiger partial charge in [0.05, 0.1) is 12.6 Å². The van der Waals surface area contributed by atoms with Gasteiger partial charge in [0, 0.05) is 13.0 Å². The lowest BCUT2D eigenvalue weighted by atomic mass is 9.91. The summed E-state index contributed by atoms with van der Waals surface area (Å²) in [4.78, 5) is 26.6. The molecule has 1 heterocycles. The van der Waals surface area contributed by atoms with E-state index >= 15 is 0 Å². The molecular formula is C17H32N2O3. The summed E-state index contributed by atoms with van der Waals surface area (Å²) in [5.74, 6) is 0.327. The Labute approximate surface area is 134 Å². The maximum absolute atomic E-state index is 12.5. The maximum atomic E-state index is 12.5. The second-order valence-corrected chi connectivity index (χ2v) is 8.00. The molecule has 1 aliphatic rings. The summed E-state index contributed by atoms with van der Waals surface area (Å²) < 4.78 is 0. The van der Waals surface area contributed by atoms with Crippen molar-refractivity contribution in [3.8, 4) is 0 Å². The molecule has 0 bridgehead atoms. The molecule has 2 amide bonds. The Kier molecular flexibility index (Phi) is 6.85. The van der Waals surface area contributed by atoms with Crippen LogP contribution in [0.5, 0.6) is 0 Å².